The molecule has 0 fully saturated rings. The summed E-state index contributed by atoms with van der Waals surface area (Å²) in [6, 6.07) is 4.12. The molecule has 1 heterocycles. The standard InChI is InChI=1S/C9H10BrNS/c1-2-3-4-7(11)8-5-6-9(10)12-8/h5-7H,4,11H2,1H3. The molecule has 1 atom stereocenters. The van der Waals surface area contributed by atoms with Gasteiger partial charge in [-0.25, -0.2) is 0 Å². The van der Waals surface area contributed by atoms with E-state index < -0.39 is 0 Å². The topological polar surface area (TPSA) is 26.0 Å². The van der Waals surface area contributed by atoms with Gasteiger partial charge in [0.25, 0.3) is 0 Å². The van der Waals surface area contributed by atoms with Crippen LogP contribution in [0.1, 0.15) is 24.3 Å². The molecule has 1 rings (SSSR count). The molecule has 0 aliphatic rings. The fourth-order valence-electron chi connectivity index (χ4n) is 0.840. The second kappa shape index (κ2) is 4.66. The van der Waals surface area contributed by atoms with Crippen molar-refractivity contribution in [1.82, 2.24) is 0 Å². The highest BCUT2D eigenvalue weighted by Gasteiger charge is 2.06. The lowest BCUT2D eigenvalue weighted by molar-refractivity contribution is 0.771. The van der Waals surface area contributed by atoms with E-state index in [9.17, 15) is 0 Å². The maximum atomic E-state index is 5.88. The van der Waals surface area contributed by atoms with Crippen LogP contribution >= 0.6 is 27.3 Å². The van der Waals surface area contributed by atoms with Crippen LogP contribution in [-0.2, 0) is 0 Å². The number of rotatable bonds is 2. The van der Waals surface area contributed by atoms with Crippen molar-refractivity contribution in [1.29, 1.82) is 0 Å². The minimum Gasteiger partial charge on any atom is -0.322 e. The summed E-state index contributed by atoms with van der Waals surface area (Å²) in [7, 11) is 0. The normalized spacial score (nSPS) is 11.9. The number of halogens is 1. The van der Waals surface area contributed by atoms with Gasteiger partial charge >= 0.3 is 0 Å². The Hall–Kier alpha value is -0.300. The first-order chi connectivity index (χ1) is 5.74. The number of hydrogen-bond donors (Lipinski definition) is 1. The summed E-state index contributed by atoms with van der Waals surface area (Å²) in [6.45, 7) is 1.83. The van der Waals surface area contributed by atoms with Crippen molar-refractivity contribution in [3.63, 3.8) is 0 Å². The Morgan fingerprint density at radius 1 is 1.67 bits per heavy atom. The Labute approximate surface area is 85.1 Å². The summed E-state index contributed by atoms with van der Waals surface area (Å²) < 4.78 is 1.12. The van der Waals surface area contributed by atoms with E-state index in [0.29, 0.717) is 0 Å². The summed E-state index contributed by atoms with van der Waals surface area (Å²) >= 11 is 5.07. The maximum Gasteiger partial charge on any atom is 0.0701 e. The third-order valence-corrected chi connectivity index (χ3v) is 3.21. The third kappa shape index (κ3) is 2.63. The number of thiophene rings is 1. The highest BCUT2D eigenvalue weighted by atomic mass is 79.9. The van der Waals surface area contributed by atoms with Gasteiger partial charge in [0.2, 0.25) is 0 Å². The number of nitrogens with two attached hydrogens (primary N) is 1. The minimum atomic E-state index is 0.0637. The summed E-state index contributed by atoms with van der Waals surface area (Å²) in [4.78, 5) is 1.18. The molecule has 64 valence electrons. The molecule has 1 unspecified atom stereocenters. The fourth-order valence-corrected chi connectivity index (χ4v) is 2.27. The van der Waals surface area contributed by atoms with E-state index in [4.69, 9.17) is 5.73 Å². The maximum absolute atomic E-state index is 5.88. The Kier molecular flexibility index (Phi) is 3.80. The zero-order chi connectivity index (χ0) is 8.97. The van der Waals surface area contributed by atoms with Gasteiger partial charge in [0, 0.05) is 11.3 Å². The first kappa shape index (κ1) is 9.79. The monoisotopic (exact) mass is 243 g/mol. The van der Waals surface area contributed by atoms with E-state index in [1.807, 2.05) is 19.1 Å². The second-order valence-corrected chi connectivity index (χ2v) is 4.87. The van der Waals surface area contributed by atoms with Crippen LogP contribution in [0.3, 0.4) is 0 Å². The van der Waals surface area contributed by atoms with Gasteiger partial charge in [-0.2, -0.15) is 0 Å². The zero-order valence-electron chi connectivity index (χ0n) is 6.80. The molecule has 0 saturated carbocycles. The van der Waals surface area contributed by atoms with Crippen molar-refractivity contribution >= 4 is 27.3 Å². The predicted octanol–water partition coefficient (Wildman–Crippen LogP) is 2.92. The van der Waals surface area contributed by atoms with Crippen LogP contribution in [0.15, 0.2) is 15.9 Å². The number of hydrogen-bond acceptors (Lipinski definition) is 2. The second-order valence-electron chi connectivity index (χ2n) is 2.38. The van der Waals surface area contributed by atoms with Crippen LogP contribution < -0.4 is 5.73 Å². The van der Waals surface area contributed by atoms with Gasteiger partial charge in [-0.3, -0.25) is 0 Å². The Balaban J connectivity index is 2.62. The molecular formula is C9H10BrNS. The van der Waals surface area contributed by atoms with Crippen molar-refractivity contribution in [3.8, 4) is 11.8 Å². The average Bonchev–Trinajstić information content (AvgIpc) is 2.47. The summed E-state index contributed by atoms with van der Waals surface area (Å²) in [6.07, 6.45) is 0.740. The van der Waals surface area contributed by atoms with E-state index in [1.54, 1.807) is 11.3 Å². The summed E-state index contributed by atoms with van der Waals surface area (Å²) in [5, 5.41) is 0. The van der Waals surface area contributed by atoms with Gasteiger partial charge in [0.05, 0.1) is 9.83 Å². The Morgan fingerprint density at radius 3 is 2.92 bits per heavy atom. The highest BCUT2D eigenvalue weighted by molar-refractivity contribution is 9.11. The van der Waals surface area contributed by atoms with E-state index in [-0.39, 0.29) is 6.04 Å². The third-order valence-electron chi connectivity index (χ3n) is 1.46. The quantitative estimate of drug-likeness (QED) is 0.795. The van der Waals surface area contributed by atoms with Gasteiger partial charge < -0.3 is 5.73 Å². The molecule has 1 aromatic heterocycles. The predicted molar refractivity (Wildman–Crippen MR) is 57.0 cm³/mol. The van der Waals surface area contributed by atoms with E-state index in [1.165, 1.54) is 4.88 Å². The van der Waals surface area contributed by atoms with Gasteiger partial charge in [-0.15, -0.1) is 23.2 Å². The van der Waals surface area contributed by atoms with Crippen LogP contribution in [0.5, 0.6) is 0 Å². The van der Waals surface area contributed by atoms with E-state index in [0.717, 1.165) is 10.2 Å². The molecule has 0 bridgehead atoms. The molecule has 1 nitrogen and oxygen atoms in total. The molecule has 0 aliphatic carbocycles. The lowest BCUT2D eigenvalue weighted by Crippen LogP contribution is -2.06. The van der Waals surface area contributed by atoms with E-state index >= 15 is 0 Å². The van der Waals surface area contributed by atoms with Gasteiger partial charge in [0.15, 0.2) is 0 Å². The molecule has 3 heteroatoms. The molecule has 0 aliphatic heterocycles. The lowest BCUT2D eigenvalue weighted by Gasteiger charge is -2.02. The van der Waals surface area contributed by atoms with E-state index in [2.05, 4.69) is 27.8 Å². The first-order valence-corrected chi connectivity index (χ1v) is 5.25. The van der Waals surface area contributed by atoms with Crippen LogP contribution in [-0.4, -0.2) is 0 Å². The van der Waals surface area contributed by atoms with Crippen LogP contribution in [0, 0.1) is 11.8 Å². The molecule has 0 radical (unpaired) electrons. The first-order valence-electron chi connectivity index (χ1n) is 3.64. The minimum absolute atomic E-state index is 0.0637. The smallest absolute Gasteiger partial charge is 0.0701 e. The van der Waals surface area contributed by atoms with Crippen molar-refractivity contribution in [2.24, 2.45) is 5.73 Å². The molecule has 12 heavy (non-hydrogen) atoms. The molecule has 0 spiro atoms. The fraction of sp³-hybridized carbons (Fsp3) is 0.333. The zero-order valence-corrected chi connectivity index (χ0v) is 9.21. The van der Waals surface area contributed by atoms with Crippen molar-refractivity contribution in [3.05, 3.63) is 20.8 Å². The van der Waals surface area contributed by atoms with Crippen LogP contribution in [0.2, 0.25) is 0 Å². The molecule has 0 aromatic carbocycles. The van der Waals surface area contributed by atoms with Gasteiger partial charge in [-0.05, 0) is 35.0 Å². The van der Waals surface area contributed by atoms with Crippen LogP contribution in [0.4, 0.5) is 0 Å². The molecular weight excluding hydrogens is 234 g/mol. The highest BCUT2D eigenvalue weighted by Crippen LogP contribution is 2.27. The van der Waals surface area contributed by atoms with Crippen molar-refractivity contribution in [2.75, 3.05) is 0 Å². The van der Waals surface area contributed by atoms with Gasteiger partial charge in [-0.1, -0.05) is 0 Å². The molecule has 1 aromatic rings. The summed E-state index contributed by atoms with van der Waals surface area (Å²) in [5.74, 6) is 5.81. The van der Waals surface area contributed by atoms with Crippen molar-refractivity contribution in [2.45, 2.75) is 19.4 Å². The Morgan fingerprint density at radius 2 is 2.42 bits per heavy atom. The van der Waals surface area contributed by atoms with Crippen molar-refractivity contribution < 1.29 is 0 Å². The van der Waals surface area contributed by atoms with Gasteiger partial charge in [0.1, 0.15) is 0 Å². The van der Waals surface area contributed by atoms with Crippen LogP contribution in [0.25, 0.3) is 0 Å². The molecule has 0 saturated heterocycles. The Bertz CT molecular complexity index is 308. The SMILES string of the molecule is CC#CCC(N)c1ccc(Br)s1. The molecule has 2 N–H and O–H groups in total. The lowest BCUT2D eigenvalue weighted by atomic mass is 10.2. The summed E-state index contributed by atoms with van der Waals surface area (Å²) in [5.41, 5.74) is 5.88. The average molecular weight is 244 g/mol. The largest absolute Gasteiger partial charge is 0.322 e. The molecule has 0 amide bonds.